The minimum Gasteiger partial charge on any atom is -0.271 e. The average molecular weight is 298 g/mol. The van der Waals surface area contributed by atoms with Gasteiger partial charge in [-0.3, -0.25) is 10.8 Å². The number of nitrogens with zero attached hydrogens (tertiary/aromatic N) is 1. The first-order valence-electron chi connectivity index (χ1n) is 4.84. The quantitative estimate of drug-likeness (QED) is 0.677. The van der Waals surface area contributed by atoms with Gasteiger partial charge in [0.25, 0.3) is 0 Å². The maximum atomic E-state index is 5.63. The molecule has 2 rings (SSSR count). The second kappa shape index (κ2) is 5.05. The van der Waals surface area contributed by atoms with Crippen molar-refractivity contribution >= 4 is 27.3 Å². The summed E-state index contributed by atoms with van der Waals surface area (Å²) in [6, 6.07) is 6.05. The van der Waals surface area contributed by atoms with Crippen LogP contribution in [0.2, 0.25) is 0 Å². The van der Waals surface area contributed by atoms with Gasteiger partial charge in [-0.15, -0.1) is 11.3 Å². The number of hydrazine groups is 1. The van der Waals surface area contributed by atoms with Crippen molar-refractivity contribution in [1.82, 2.24) is 10.4 Å². The summed E-state index contributed by atoms with van der Waals surface area (Å²) >= 11 is 5.20. The molecule has 16 heavy (non-hydrogen) atoms. The summed E-state index contributed by atoms with van der Waals surface area (Å²) in [6.45, 7) is 1.97. The molecule has 0 spiro atoms. The highest BCUT2D eigenvalue weighted by Gasteiger charge is 2.16. The molecular weight excluding hydrogens is 286 g/mol. The molecule has 0 aliphatic rings. The van der Waals surface area contributed by atoms with Crippen molar-refractivity contribution in [3.63, 3.8) is 0 Å². The van der Waals surface area contributed by atoms with E-state index in [0.29, 0.717) is 0 Å². The largest absolute Gasteiger partial charge is 0.271 e. The predicted molar refractivity (Wildman–Crippen MR) is 70.2 cm³/mol. The van der Waals surface area contributed by atoms with Gasteiger partial charge in [0.05, 0.1) is 6.04 Å². The number of aromatic nitrogens is 1. The van der Waals surface area contributed by atoms with Crippen molar-refractivity contribution in [2.24, 2.45) is 5.84 Å². The Morgan fingerprint density at radius 3 is 2.88 bits per heavy atom. The molecule has 0 aromatic carbocycles. The molecule has 2 aromatic heterocycles. The van der Waals surface area contributed by atoms with E-state index in [2.05, 4.69) is 26.3 Å². The summed E-state index contributed by atoms with van der Waals surface area (Å²) in [5.41, 5.74) is 4.96. The van der Waals surface area contributed by atoms with Crippen LogP contribution in [0.1, 0.15) is 22.2 Å². The zero-order chi connectivity index (χ0) is 11.5. The van der Waals surface area contributed by atoms with Crippen LogP contribution in [0.3, 0.4) is 0 Å². The van der Waals surface area contributed by atoms with Gasteiger partial charge in [-0.2, -0.15) is 0 Å². The Hall–Kier alpha value is -0.750. The molecule has 1 atom stereocenters. The fourth-order valence-electron chi connectivity index (χ4n) is 1.58. The molecule has 0 saturated carbocycles. The Morgan fingerprint density at radius 1 is 1.50 bits per heavy atom. The lowest BCUT2D eigenvalue weighted by Crippen LogP contribution is -2.28. The van der Waals surface area contributed by atoms with E-state index in [4.69, 9.17) is 5.84 Å². The zero-order valence-corrected chi connectivity index (χ0v) is 11.2. The molecule has 0 aliphatic heterocycles. The summed E-state index contributed by atoms with van der Waals surface area (Å²) in [6.07, 6.45) is 1.80. The van der Waals surface area contributed by atoms with Gasteiger partial charge in [0, 0.05) is 21.2 Å². The first-order valence-corrected chi connectivity index (χ1v) is 6.51. The van der Waals surface area contributed by atoms with Crippen LogP contribution in [0.25, 0.3) is 0 Å². The Balaban J connectivity index is 2.40. The maximum absolute atomic E-state index is 5.63. The minimum atomic E-state index is 0.0103. The Labute approximate surface area is 107 Å². The minimum absolute atomic E-state index is 0.0103. The molecule has 3 nitrogen and oxygen atoms in total. The topological polar surface area (TPSA) is 50.9 Å². The van der Waals surface area contributed by atoms with Crippen LogP contribution >= 0.6 is 27.3 Å². The highest BCUT2D eigenvalue weighted by molar-refractivity contribution is 9.10. The van der Waals surface area contributed by atoms with Crippen LogP contribution in [0, 0.1) is 6.92 Å². The van der Waals surface area contributed by atoms with Gasteiger partial charge in [0.1, 0.15) is 0 Å². The number of aryl methyl sites for hydroxylation is 1. The molecule has 5 heteroatoms. The number of hydrogen-bond acceptors (Lipinski definition) is 4. The Bertz CT molecular complexity index is 484. The second-order valence-electron chi connectivity index (χ2n) is 3.46. The average Bonchev–Trinajstić information content (AvgIpc) is 2.67. The Kier molecular flexibility index (Phi) is 3.70. The summed E-state index contributed by atoms with van der Waals surface area (Å²) < 4.78 is 1.08. The summed E-state index contributed by atoms with van der Waals surface area (Å²) in [5, 5.41) is 2.04. The number of hydrogen-bond donors (Lipinski definition) is 2. The lowest BCUT2D eigenvalue weighted by molar-refractivity contribution is 0.643. The van der Waals surface area contributed by atoms with Gasteiger partial charge >= 0.3 is 0 Å². The van der Waals surface area contributed by atoms with E-state index >= 15 is 0 Å². The standard InChI is InChI=1S/C11H12BrN3S/c1-7-6-8(2-4-14-7)10(15-13)11-9(12)3-5-16-11/h2-6,10,15H,13H2,1H3. The lowest BCUT2D eigenvalue weighted by Gasteiger charge is -2.15. The molecule has 0 aliphatic carbocycles. The predicted octanol–water partition coefficient (Wildman–Crippen LogP) is 2.77. The smallest absolute Gasteiger partial charge is 0.0815 e. The molecule has 0 radical (unpaired) electrons. The molecule has 2 aromatic rings. The van der Waals surface area contributed by atoms with E-state index in [9.17, 15) is 0 Å². The molecule has 2 heterocycles. The number of nitrogens with one attached hydrogen (secondary N) is 1. The van der Waals surface area contributed by atoms with Crippen molar-refractivity contribution in [3.05, 3.63) is 50.4 Å². The van der Waals surface area contributed by atoms with Crippen LogP contribution < -0.4 is 11.3 Å². The first-order chi connectivity index (χ1) is 7.72. The summed E-state index contributed by atoms with van der Waals surface area (Å²) in [5.74, 6) is 5.63. The fourth-order valence-corrected chi connectivity index (χ4v) is 3.27. The summed E-state index contributed by atoms with van der Waals surface area (Å²) in [4.78, 5) is 5.36. The molecule has 0 amide bonds. The lowest BCUT2D eigenvalue weighted by atomic mass is 10.1. The third-order valence-electron chi connectivity index (χ3n) is 2.33. The van der Waals surface area contributed by atoms with Crippen LogP contribution in [-0.2, 0) is 0 Å². The monoisotopic (exact) mass is 297 g/mol. The zero-order valence-electron chi connectivity index (χ0n) is 8.77. The van der Waals surface area contributed by atoms with E-state index in [-0.39, 0.29) is 6.04 Å². The molecule has 84 valence electrons. The fraction of sp³-hybridized carbons (Fsp3) is 0.182. The van der Waals surface area contributed by atoms with Gasteiger partial charge in [-0.1, -0.05) is 0 Å². The highest BCUT2D eigenvalue weighted by atomic mass is 79.9. The molecule has 0 fully saturated rings. The second-order valence-corrected chi connectivity index (χ2v) is 5.27. The van der Waals surface area contributed by atoms with Crippen LogP contribution in [0.4, 0.5) is 0 Å². The first kappa shape index (κ1) is 11.7. The molecule has 0 saturated heterocycles. The number of pyridine rings is 1. The van der Waals surface area contributed by atoms with Gasteiger partial charge in [0.2, 0.25) is 0 Å². The van der Waals surface area contributed by atoms with Crippen LogP contribution in [0.5, 0.6) is 0 Å². The molecular formula is C11H12BrN3S. The van der Waals surface area contributed by atoms with Crippen LogP contribution in [-0.4, -0.2) is 4.98 Å². The number of halogens is 1. The number of nitrogens with two attached hydrogens (primary N) is 1. The van der Waals surface area contributed by atoms with E-state index in [1.54, 1.807) is 17.5 Å². The molecule has 3 N–H and O–H groups in total. The van der Waals surface area contributed by atoms with E-state index < -0.39 is 0 Å². The Morgan fingerprint density at radius 2 is 2.31 bits per heavy atom. The van der Waals surface area contributed by atoms with E-state index in [1.807, 2.05) is 30.5 Å². The van der Waals surface area contributed by atoms with Gasteiger partial charge < -0.3 is 0 Å². The van der Waals surface area contributed by atoms with Gasteiger partial charge in [-0.25, -0.2) is 5.43 Å². The third kappa shape index (κ3) is 2.32. The van der Waals surface area contributed by atoms with E-state index in [1.165, 1.54) is 4.88 Å². The number of rotatable bonds is 3. The highest BCUT2D eigenvalue weighted by Crippen LogP contribution is 2.32. The van der Waals surface area contributed by atoms with Crippen molar-refractivity contribution < 1.29 is 0 Å². The maximum Gasteiger partial charge on any atom is 0.0815 e. The van der Waals surface area contributed by atoms with Crippen molar-refractivity contribution in [2.45, 2.75) is 13.0 Å². The summed E-state index contributed by atoms with van der Waals surface area (Å²) in [7, 11) is 0. The normalized spacial score (nSPS) is 12.7. The van der Waals surface area contributed by atoms with E-state index in [0.717, 1.165) is 15.7 Å². The SMILES string of the molecule is Cc1cc(C(NN)c2sccc2Br)ccn1. The van der Waals surface area contributed by atoms with Crippen LogP contribution in [0.15, 0.2) is 34.2 Å². The molecule has 1 unspecified atom stereocenters. The number of thiophene rings is 1. The van der Waals surface area contributed by atoms with Gasteiger partial charge in [-0.05, 0) is 52.0 Å². The molecule has 0 bridgehead atoms. The van der Waals surface area contributed by atoms with Gasteiger partial charge in [0.15, 0.2) is 0 Å². The third-order valence-corrected chi connectivity index (χ3v) is 4.26. The van der Waals surface area contributed by atoms with Crippen molar-refractivity contribution in [2.75, 3.05) is 0 Å². The van der Waals surface area contributed by atoms with Crippen molar-refractivity contribution in [3.8, 4) is 0 Å². The van der Waals surface area contributed by atoms with Crippen molar-refractivity contribution in [1.29, 1.82) is 0 Å².